The summed E-state index contributed by atoms with van der Waals surface area (Å²) < 4.78 is 1.94. The lowest BCUT2D eigenvalue weighted by Gasteiger charge is -2.37. The second kappa shape index (κ2) is 9.77. The second-order valence-electron chi connectivity index (χ2n) is 8.89. The third-order valence-corrected chi connectivity index (χ3v) is 6.80. The summed E-state index contributed by atoms with van der Waals surface area (Å²) in [5, 5.41) is 12.1. The lowest BCUT2D eigenvalue weighted by molar-refractivity contribution is -0.122. The van der Waals surface area contributed by atoms with Crippen LogP contribution in [0.5, 0.6) is 0 Å². The van der Waals surface area contributed by atoms with E-state index in [1.807, 2.05) is 35.0 Å². The first-order valence-electron chi connectivity index (χ1n) is 11.2. The SMILES string of the molecule is Cc1ccccc1CSc1nc2n(n1)[C@H](CC(C)C)[C@@H](C(=O)Nc1ccccc1)[C@@H](C)N2. The molecule has 0 fully saturated rings. The molecule has 3 aromatic rings. The normalized spacial score (nSPS) is 20.0. The van der Waals surface area contributed by atoms with Crippen LogP contribution in [0.15, 0.2) is 59.8 Å². The van der Waals surface area contributed by atoms with Gasteiger partial charge in [-0.15, -0.1) is 5.10 Å². The van der Waals surface area contributed by atoms with Gasteiger partial charge in [-0.3, -0.25) is 4.79 Å². The predicted molar refractivity (Wildman–Crippen MR) is 131 cm³/mol. The average molecular weight is 450 g/mol. The van der Waals surface area contributed by atoms with Crippen LogP contribution in [-0.4, -0.2) is 26.7 Å². The molecule has 1 aromatic heterocycles. The number of carbonyl (C=O) groups is 1. The van der Waals surface area contributed by atoms with E-state index in [1.54, 1.807) is 11.8 Å². The maximum atomic E-state index is 13.3. The van der Waals surface area contributed by atoms with Crippen molar-refractivity contribution in [1.82, 2.24) is 14.8 Å². The minimum Gasteiger partial charge on any atom is -0.351 e. The van der Waals surface area contributed by atoms with Crippen molar-refractivity contribution >= 4 is 29.3 Å². The zero-order valence-corrected chi connectivity index (χ0v) is 19.9. The molecule has 4 rings (SSSR count). The Morgan fingerprint density at radius 1 is 1.16 bits per heavy atom. The molecule has 7 heteroatoms. The van der Waals surface area contributed by atoms with E-state index >= 15 is 0 Å². The minimum absolute atomic E-state index is 0.0112. The van der Waals surface area contributed by atoms with Crippen LogP contribution in [0.25, 0.3) is 0 Å². The molecule has 2 aromatic carbocycles. The summed E-state index contributed by atoms with van der Waals surface area (Å²) in [4.78, 5) is 18.1. The Bertz CT molecular complexity index is 1070. The van der Waals surface area contributed by atoms with Crippen molar-refractivity contribution < 1.29 is 4.79 Å². The Hall–Kier alpha value is -2.80. The molecule has 1 aliphatic rings. The first-order valence-corrected chi connectivity index (χ1v) is 12.2. The van der Waals surface area contributed by atoms with Gasteiger partial charge >= 0.3 is 0 Å². The maximum absolute atomic E-state index is 13.3. The third-order valence-electron chi connectivity index (χ3n) is 5.91. The van der Waals surface area contributed by atoms with E-state index in [0.717, 1.165) is 29.0 Å². The number of nitrogens with one attached hydrogen (secondary N) is 2. The molecular weight excluding hydrogens is 418 g/mol. The van der Waals surface area contributed by atoms with Crippen molar-refractivity contribution in [2.75, 3.05) is 10.6 Å². The van der Waals surface area contributed by atoms with E-state index < -0.39 is 0 Å². The van der Waals surface area contributed by atoms with Gasteiger partial charge in [0, 0.05) is 17.5 Å². The number of aromatic nitrogens is 3. The van der Waals surface area contributed by atoms with Gasteiger partial charge in [-0.25, -0.2) is 4.68 Å². The molecular formula is C25H31N5OS. The van der Waals surface area contributed by atoms with E-state index in [4.69, 9.17) is 10.1 Å². The fraction of sp³-hybridized carbons (Fsp3) is 0.400. The van der Waals surface area contributed by atoms with Crippen molar-refractivity contribution in [1.29, 1.82) is 0 Å². The molecule has 0 saturated carbocycles. The largest absolute Gasteiger partial charge is 0.351 e. The zero-order valence-electron chi connectivity index (χ0n) is 19.1. The molecule has 0 bridgehead atoms. The molecule has 6 nitrogen and oxygen atoms in total. The highest BCUT2D eigenvalue weighted by molar-refractivity contribution is 7.98. The van der Waals surface area contributed by atoms with Crippen LogP contribution < -0.4 is 10.6 Å². The van der Waals surface area contributed by atoms with Gasteiger partial charge < -0.3 is 10.6 Å². The number of amides is 1. The number of fused-ring (bicyclic) bond motifs is 1. The highest BCUT2D eigenvalue weighted by Gasteiger charge is 2.41. The Morgan fingerprint density at radius 3 is 2.59 bits per heavy atom. The summed E-state index contributed by atoms with van der Waals surface area (Å²) in [6.45, 7) is 8.55. The van der Waals surface area contributed by atoms with Crippen LogP contribution in [0, 0.1) is 18.8 Å². The van der Waals surface area contributed by atoms with Gasteiger partial charge in [0.05, 0.1) is 12.0 Å². The van der Waals surface area contributed by atoms with Crippen LogP contribution in [0.1, 0.15) is 44.4 Å². The zero-order chi connectivity index (χ0) is 22.7. The summed E-state index contributed by atoms with van der Waals surface area (Å²) in [7, 11) is 0. The third kappa shape index (κ3) is 4.99. The fourth-order valence-electron chi connectivity index (χ4n) is 4.27. The van der Waals surface area contributed by atoms with Crippen LogP contribution in [0.2, 0.25) is 0 Å². The summed E-state index contributed by atoms with van der Waals surface area (Å²) in [6.07, 6.45) is 0.858. The van der Waals surface area contributed by atoms with E-state index in [0.29, 0.717) is 5.92 Å². The molecule has 0 spiro atoms. The molecule has 1 aliphatic heterocycles. The number of hydrogen-bond acceptors (Lipinski definition) is 5. The van der Waals surface area contributed by atoms with Gasteiger partial charge in [0.1, 0.15) is 0 Å². The van der Waals surface area contributed by atoms with E-state index in [1.165, 1.54) is 11.1 Å². The van der Waals surface area contributed by atoms with Gasteiger partial charge in [0.25, 0.3) is 0 Å². The summed E-state index contributed by atoms with van der Waals surface area (Å²) >= 11 is 1.63. The average Bonchev–Trinajstić information content (AvgIpc) is 3.16. The Labute approximate surface area is 194 Å². The van der Waals surface area contributed by atoms with E-state index in [-0.39, 0.29) is 23.9 Å². The fourth-order valence-corrected chi connectivity index (χ4v) is 5.17. The van der Waals surface area contributed by atoms with Gasteiger partial charge in [0.2, 0.25) is 17.0 Å². The summed E-state index contributed by atoms with van der Waals surface area (Å²) in [6, 6.07) is 17.9. The van der Waals surface area contributed by atoms with Crippen molar-refractivity contribution in [3.8, 4) is 0 Å². The maximum Gasteiger partial charge on any atom is 0.231 e. The van der Waals surface area contributed by atoms with Crippen LogP contribution in [0.3, 0.4) is 0 Å². The number of anilines is 2. The number of rotatable bonds is 7. The number of nitrogens with zero attached hydrogens (tertiary/aromatic N) is 3. The Kier molecular flexibility index (Phi) is 6.84. The summed E-state index contributed by atoms with van der Waals surface area (Å²) in [5.41, 5.74) is 3.36. The standard InChI is InChI=1S/C25H31N5OS/c1-16(2)14-21-22(23(31)27-20-12-6-5-7-13-20)18(4)26-24-28-25(29-30(21)24)32-15-19-11-9-8-10-17(19)3/h5-13,16,18,21-22H,14-15H2,1-4H3,(H,27,31)(H,26,28,29)/t18-,21-,22+/m1/s1. The van der Waals surface area contributed by atoms with E-state index in [9.17, 15) is 4.79 Å². The van der Waals surface area contributed by atoms with Crippen molar-refractivity contribution in [2.24, 2.45) is 11.8 Å². The lowest BCUT2D eigenvalue weighted by Crippen LogP contribution is -2.46. The Balaban J connectivity index is 1.57. The quantitative estimate of drug-likeness (QED) is 0.464. The van der Waals surface area contributed by atoms with Crippen LogP contribution in [0.4, 0.5) is 11.6 Å². The van der Waals surface area contributed by atoms with Gasteiger partial charge in [-0.2, -0.15) is 4.98 Å². The Morgan fingerprint density at radius 2 is 1.88 bits per heavy atom. The topological polar surface area (TPSA) is 71.8 Å². The molecule has 2 heterocycles. The number of aryl methyl sites for hydroxylation is 1. The molecule has 3 atom stereocenters. The number of benzene rings is 2. The predicted octanol–water partition coefficient (Wildman–Crippen LogP) is 5.53. The van der Waals surface area contributed by atoms with Gasteiger partial charge in [-0.1, -0.05) is 68.1 Å². The molecule has 1 amide bonds. The van der Waals surface area contributed by atoms with Crippen LogP contribution >= 0.6 is 11.8 Å². The monoisotopic (exact) mass is 449 g/mol. The number of carbonyl (C=O) groups excluding carboxylic acids is 1. The smallest absolute Gasteiger partial charge is 0.231 e. The van der Waals surface area contributed by atoms with Gasteiger partial charge in [0.15, 0.2) is 0 Å². The van der Waals surface area contributed by atoms with Crippen LogP contribution in [-0.2, 0) is 10.5 Å². The van der Waals surface area contributed by atoms with Gasteiger partial charge in [-0.05, 0) is 49.4 Å². The highest BCUT2D eigenvalue weighted by Crippen LogP contribution is 2.37. The first kappa shape index (κ1) is 22.4. The molecule has 2 N–H and O–H groups in total. The molecule has 32 heavy (non-hydrogen) atoms. The highest BCUT2D eigenvalue weighted by atomic mass is 32.2. The number of thioether (sulfide) groups is 1. The van der Waals surface area contributed by atoms with Crippen molar-refractivity contribution in [3.63, 3.8) is 0 Å². The van der Waals surface area contributed by atoms with E-state index in [2.05, 4.69) is 62.6 Å². The number of para-hydroxylation sites is 1. The minimum atomic E-state index is -0.249. The molecule has 168 valence electrons. The molecule has 0 unspecified atom stereocenters. The first-order chi connectivity index (χ1) is 15.4. The lowest BCUT2D eigenvalue weighted by atomic mass is 9.85. The van der Waals surface area contributed by atoms with Crippen molar-refractivity contribution in [2.45, 2.75) is 57.1 Å². The number of hydrogen-bond donors (Lipinski definition) is 2. The molecule has 0 radical (unpaired) electrons. The molecule has 0 saturated heterocycles. The second-order valence-corrected chi connectivity index (χ2v) is 9.83. The molecule has 0 aliphatic carbocycles. The van der Waals surface area contributed by atoms with Crippen molar-refractivity contribution in [3.05, 3.63) is 65.7 Å². The summed E-state index contributed by atoms with van der Waals surface area (Å²) in [5.74, 6) is 1.76.